The maximum absolute atomic E-state index is 6.05. The fourth-order valence-corrected chi connectivity index (χ4v) is 1.97. The van der Waals surface area contributed by atoms with Gasteiger partial charge in [-0.3, -0.25) is 0 Å². The van der Waals surface area contributed by atoms with Crippen LogP contribution in [0.4, 0.5) is 0 Å². The Kier molecular flexibility index (Phi) is 4.79. The quantitative estimate of drug-likeness (QED) is 0.919. The van der Waals surface area contributed by atoms with Gasteiger partial charge in [-0.25, -0.2) is 0 Å². The van der Waals surface area contributed by atoms with Gasteiger partial charge in [-0.05, 0) is 36.2 Å². The molecule has 0 aliphatic heterocycles. The van der Waals surface area contributed by atoms with E-state index >= 15 is 0 Å². The lowest BCUT2D eigenvalue weighted by Gasteiger charge is -2.13. The zero-order valence-corrected chi connectivity index (χ0v) is 11.6. The summed E-state index contributed by atoms with van der Waals surface area (Å²) in [5.41, 5.74) is 7.28. The Morgan fingerprint density at radius 3 is 2.33 bits per heavy atom. The molecule has 2 rings (SSSR count). The molecule has 2 N–H and O–H groups in total. The minimum atomic E-state index is 0.00591. The van der Waals surface area contributed by atoms with Crippen molar-refractivity contribution in [3.63, 3.8) is 0 Å². The third-order valence-electron chi connectivity index (χ3n) is 2.62. The summed E-state index contributed by atoms with van der Waals surface area (Å²) in [5, 5.41) is 0. The van der Waals surface area contributed by atoms with Crippen LogP contribution in [0.3, 0.4) is 0 Å². The van der Waals surface area contributed by atoms with E-state index in [1.807, 2.05) is 42.5 Å². The van der Waals surface area contributed by atoms with Crippen LogP contribution in [0.1, 0.15) is 5.56 Å². The topological polar surface area (TPSA) is 35.2 Å². The van der Waals surface area contributed by atoms with E-state index in [1.54, 1.807) is 0 Å². The molecular weight excluding hydrogens is 290 g/mol. The summed E-state index contributed by atoms with van der Waals surface area (Å²) in [5.74, 6) is 0.865. The van der Waals surface area contributed by atoms with Crippen molar-refractivity contribution in [2.45, 2.75) is 12.5 Å². The van der Waals surface area contributed by atoms with Gasteiger partial charge in [0.25, 0.3) is 0 Å². The minimum Gasteiger partial charge on any atom is -0.492 e. The van der Waals surface area contributed by atoms with Crippen LogP contribution in [0.5, 0.6) is 5.75 Å². The van der Waals surface area contributed by atoms with Crippen molar-refractivity contribution in [3.05, 3.63) is 64.6 Å². The molecule has 18 heavy (non-hydrogen) atoms. The molecule has 0 fully saturated rings. The Bertz CT molecular complexity index is 470. The van der Waals surface area contributed by atoms with Gasteiger partial charge in [0.2, 0.25) is 0 Å². The minimum absolute atomic E-state index is 0.00591. The summed E-state index contributed by atoms with van der Waals surface area (Å²) in [6, 6.07) is 18.0. The van der Waals surface area contributed by atoms with Crippen molar-refractivity contribution in [2.75, 3.05) is 6.61 Å². The second kappa shape index (κ2) is 6.57. The van der Waals surface area contributed by atoms with Crippen molar-refractivity contribution in [2.24, 2.45) is 5.73 Å². The van der Waals surface area contributed by atoms with Gasteiger partial charge >= 0.3 is 0 Å². The molecular formula is C15H16BrNO. The Hall–Kier alpha value is -1.32. The Labute approximate surface area is 116 Å². The van der Waals surface area contributed by atoms with Crippen LogP contribution >= 0.6 is 15.9 Å². The number of halogens is 1. The second-order valence-corrected chi connectivity index (χ2v) is 5.13. The summed E-state index contributed by atoms with van der Waals surface area (Å²) in [7, 11) is 0. The van der Waals surface area contributed by atoms with E-state index < -0.39 is 0 Å². The van der Waals surface area contributed by atoms with Crippen LogP contribution in [-0.4, -0.2) is 12.6 Å². The van der Waals surface area contributed by atoms with Crippen molar-refractivity contribution in [1.82, 2.24) is 0 Å². The number of benzene rings is 2. The lowest BCUT2D eigenvalue weighted by molar-refractivity contribution is 0.287. The van der Waals surface area contributed by atoms with Crippen LogP contribution in [0.2, 0.25) is 0 Å². The lowest BCUT2D eigenvalue weighted by atomic mass is 10.1. The number of nitrogens with two attached hydrogens (primary N) is 1. The van der Waals surface area contributed by atoms with Gasteiger partial charge in [0, 0.05) is 10.5 Å². The van der Waals surface area contributed by atoms with Crippen LogP contribution in [0.15, 0.2) is 59.1 Å². The molecule has 0 heterocycles. The predicted molar refractivity (Wildman–Crippen MR) is 77.8 cm³/mol. The molecule has 0 aromatic heterocycles. The highest BCUT2D eigenvalue weighted by molar-refractivity contribution is 9.10. The second-order valence-electron chi connectivity index (χ2n) is 4.21. The smallest absolute Gasteiger partial charge is 0.119 e. The van der Waals surface area contributed by atoms with Crippen LogP contribution in [0, 0.1) is 0 Å². The first-order valence-electron chi connectivity index (χ1n) is 5.92. The van der Waals surface area contributed by atoms with Crippen LogP contribution in [-0.2, 0) is 6.42 Å². The first-order chi connectivity index (χ1) is 8.74. The Morgan fingerprint density at radius 1 is 1.00 bits per heavy atom. The van der Waals surface area contributed by atoms with E-state index in [2.05, 4.69) is 28.1 Å². The molecule has 2 nitrogen and oxygen atoms in total. The molecule has 0 bridgehead atoms. The van der Waals surface area contributed by atoms with E-state index in [0.717, 1.165) is 16.6 Å². The molecule has 0 spiro atoms. The largest absolute Gasteiger partial charge is 0.492 e. The lowest BCUT2D eigenvalue weighted by Crippen LogP contribution is -2.30. The zero-order chi connectivity index (χ0) is 12.8. The molecule has 0 amide bonds. The van der Waals surface area contributed by atoms with Crippen molar-refractivity contribution in [3.8, 4) is 5.75 Å². The first-order valence-corrected chi connectivity index (χ1v) is 6.71. The van der Waals surface area contributed by atoms with E-state index in [1.165, 1.54) is 5.56 Å². The van der Waals surface area contributed by atoms with Crippen LogP contribution in [0.25, 0.3) is 0 Å². The third-order valence-corrected chi connectivity index (χ3v) is 3.15. The molecule has 0 aliphatic carbocycles. The Balaban J connectivity index is 1.82. The highest BCUT2D eigenvalue weighted by Crippen LogP contribution is 2.12. The van der Waals surface area contributed by atoms with E-state index in [4.69, 9.17) is 10.5 Å². The summed E-state index contributed by atoms with van der Waals surface area (Å²) in [6.07, 6.45) is 0.820. The normalized spacial score (nSPS) is 12.1. The summed E-state index contributed by atoms with van der Waals surface area (Å²) in [4.78, 5) is 0. The fourth-order valence-electron chi connectivity index (χ4n) is 1.70. The van der Waals surface area contributed by atoms with Gasteiger partial charge < -0.3 is 10.5 Å². The maximum Gasteiger partial charge on any atom is 0.119 e. The monoisotopic (exact) mass is 305 g/mol. The standard InChI is InChI=1S/C15H16BrNO/c16-13-8-6-12(7-9-13)10-14(17)11-18-15-4-2-1-3-5-15/h1-9,14H,10-11,17H2. The summed E-state index contributed by atoms with van der Waals surface area (Å²) in [6.45, 7) is 0.528. The van der Waals surface area contributed by atoms with Gasteiger partial charge in [0.15, 0.2) is 0 Å². The predicted octanol–water partition coefficient (Wildman–Crippen LogP) is 3.40. The fraction of sp³-hybridized carbons (Fsp3) is 0.200. The van der Waals surface area contributed by atoms with E-state index in [0.29, 0.717) is 6.61 Å². The molecule has 0 radical (unpaired) electrons. The summed E-state index contributed by atoms with van der Waals surface area (Å²) >= 11 is 3.42. The van der Waals surface area contributed by atoms with Crippen molar-refractivity contribution >= 4 is 15.9 Å². The first kappa shape index (κ1) is 13.1. The average Bonchev–Trinajstić information content (AvgIpc) is 2.40. The highest BCUT2D eigenvalue weighted by atomic mass is 79.9. The SMILES string of the molecule is NC(COc1ccccc1)Cc1ccc(Br)cc1. The molecule has 0 saturated heterocycles. The third kappa shape index (κ3) is 4.17. The molecule has 2 aromatic carbocycles. The van der Waals surface area contributed by atoms with Gasteiger partial charge in [-0.1, -0.05) is 46.3 Å². The summed E-state index contributed by atoms with van der Waals surface area (Å²) < 4.78 is 6.71. The van der Waals surface area contributed by atoms with Crippen molar-refractivity contribution in [1.29, 1.82) is 0 Å². The molecule has 1 atom stereocenters. The number of hydrogen-bond acceptors (Lipinski definition) is 2. The number of rotatable bonds is 5. The van der Waals surface area contributed by atoms with Crippen LogP contribution < -0.4 is 10.5 Å². The molecule has 2 aromatic rings. The number of ether oxygens (including phenoxy) is 1. The molecule has 3 heteroatoms. The maximum atomic E-state index is 6.05. The van der Waals surface area contributed by atoms with Gasteiger partial charge in [-0.15, -0.1) is 0 Å². The van der Waals surface area contributed by atoms with E-state index in [-0.39, 0.29) is 6.04 Å². The van der Waals surface area contributed by atoms with Crippen molar-refractivity contribution < 1.29 is 4.74 Å². The molecule has 0 aliphatic rings. The number of hydrogen-bond donors (Lipinski definition) is 1. The van der Waals surface area contributed by atoms with Gasteiger partial charge in [0.05, 0.1) is 0 Å². The van der Waals surface area contributed by atoms with Gasteiger partial charge in [-0.2, -0.15) is 0 Å². The van der Waals surface area contributed by atoms with Gasteiger partial charge in [0.1, 0.15) is 12.4 Å². The Morgan fingerprint density at radius 2 is 1.67 bits per heavy atom. The molecule has 0 saturated carbocycles. The van der Waals surface area contributed by atoms with E-state index in [9.17, 15) is 0 Å². The highest BCUT2D eigenvalue weighted by Gasteiger charge is 2.05. The molecule has 94 valence electrons. The zero-order valence-electron chi connectivity index (χ0n) is 10.1. The average molecular weight is 306 g/mol. The number of para-hydroxylation sites is 1. The molecule has 1 unspecified atom stereocenters.